The van der Waals surface area contributed by atoms with Gasteiger partial charge in [0.2, 0.25) is 5.91 Å². The minimum absolute atomic E-state index is 0.0363. The molecule has 0 radical (unpaired) electrons. The summed E-state index contributed by atoms with van der Waals surface area (Å²) in [6.45, 7) is 4.25. The summed E-state index contributed by atoms with van der Waals surface area (Å²) >= 11 is 0. The molecule has 0 spiro atoms. The van der Waals surface area contributed by atoms with Crippen LogP contribution < -0.4 is 5.32 Å². The minimum atomic E-state index is -0.662. The Balaban J connectivity index is 3.53. The van der Waals surface area contributed by atoms with Crippen molar-refractivity contribution in [3.8, 4) is 0 Å². The predicted molar refractivity (Wildman–Crippen MR) is 230 cm³/mol. The van der Waals surface area contributed by atoms with Gasteiger partial charge in [-0.2, -0.15) is 0 Å². The van der Waals surface area contributed by atoms with Crippen LogP contribution in [0.3, 0.4) is 0 Å². The van der Waals surface area contributed by atoms with Crippen LogP contribution in [0.5, 0.6) is 0 Å². The summed E-state index contributed by atoms with van der Waals surface area (Å²) in [4.78, 5) is 12.4. The minimum Gasteiger partial charge on any atom is -0.394 e. The molecule has 4 nitrogen and oxygen atoms in total. The Morgan fingerprint density at radius 2 is 0.846 bits per heavy atom. The van der Waals surface area contributed by atoms with Crippen molar-refractivity contribution >= 4 is 5.91 Å². The first kappa shape index (κ1) is 50.4. The molecule has 0 rings (SSSR count). The zero-order valence-electron chi connectivity index (χ0n) is 34.8. The summed E-state index contributed by atoms with van der Waals surface area (Å²) in [6, 6.07) is -0.539. The van der Waals surface area contributed by atoms with Crippen molar-refractivity contribution in [2.24, 2.45) is 0 Å². The van der Waals surface area contributed by atoms with Crippen LogP contribution >= 0.6 is 0 Å². The van der Waals surface area contributed by atoms with Crippen LogP contribution in [0.1, 0.15) is 232 Å². The Morgan fingerprint density at radius 1 is 0.481 bits per heavy atom. The van der Waals surface area contributed by atoms with Crippen molar-refractivity contribution in [2.75, 3.05) is 6.61 Å². The van der Waals surface area contributed by atoms with Gasteiger partial charge in [-0.1, -0.05) is 223 Å². The first-order chi connectivity index (χ1) is 25.7. The predicted octanol–water partition coefficient (Wildman–Crippen LogP) is 14.4. The summed E-state index contributed by atoms with van der Waals surface area (Å²) < 4.78 is 0. The van der Waals surface area contributed by atoms with E-state index in [1.54, 1.807) is 0 Å². The molecule has 52 heavy (non-hydrogen) atoms. The van der Waals surface area contributed by atoms with Crippen molar-refractivity contribution < 1.29 is 15.0 Å². The molecule has 4 heteroatoms. The van der Waals surface area contributed by atoms with Crippen LogP contribution in [-0.4, -0.2) is 34.9 Å². The number of hydrogen-bond acceptors (Lipinski definition) is 3. The third-order valence-corrected chi connectivity index (χ3v) is 10.4. The fraction of sp³-hybridized carbons (Fsp3) is 0.812. The summed E-state index contributed by atoms with van der Waals surface area (Å²) in [7, 11) is 0. The lowest BCUT2D eigenvalue weighted by Gasteiger charge is -2.22. The standard InChI is InChI=1S/C48H89NO3/c1-3-5-7-9-11-13-15-17-19-21-22-23-24-25-26-28-30-32-34-36-38-40-42-44-48(52)49-46(45-50)47(51)43-41-39-37-35-33-31-29-27-20-18-16-14-12-10-8-6-4-2/h5,7,11,13,17,19,22-23,46-47,50-51H,3-4,6,8-10,12,14-16,18,20-21,24-45H2,1-2H3,(H,49,52)/b7-5-,13-11-,19-17-,23-22-. The van der Waals surface area contributed by atoms with E-state index < -0.39 is 12.1 Å². The lowest BCUT2D eigenvalue weighted by molar-refractivity contribution is -0.123. The third kappa shape index (κ3) is 39.6. The van der Waals surface area contributed by atoms with Crippen LogP contribution in [0.4, 0.5) is 0 Å². The van der Waals surface area contributed by atoms with Gasteiger partial charge in [-0.15, -0.1) is 0 Å². The molecule has 0 aromatic heterocycles. The largest absolute Gasteiger partial charge is 0.394 e. The second-order valence-electron chi connectivity index (χ2n) is 15.4. The van der Waals surface area contributed by atoms with Gasteiger partial charge in [0.05, 0.1) is 18.8 Å². The van der Waals surface area contributed by atoms with Crippen molar-refractivity contribution in [2.45, 2.75) is 244 Å². The van der Waals surface area contributed by atoms with E-state index in [4.69, 9.17) is 0 Å². The zero-order valence-corrected chi connectivity index (χ0v) is 34.8. The number of rotatable bonds is 41. The highest BCUT2D eigenvalue weighted by molar-refractivity contribution is 5.76. The summed E-state index contributed by atoms with van der Waals surface area (Å²) in [6.07, 6.45) is 59.0. The molecule has 0 heterocycles. The Labute approximate surface area is 324 Å². The average molecular weight is 728 g/mol. The van der Waals surface area contributed by atoms with Crippen molar-refractivity contribution in [3.63, 3.8) is 0 Å². The fourth-order valence-electron chi connectivity index (χ4n) is 6.88. The lowest BCUT2D eigenvalue weighted by atomic mass is 10.0. The first-order valence-corrected chi connectivity index (χ1v) is 22.8. The SMILES string of the molecule is CC/C=C\C/C=C\C/C=C\C/C=C\CCCCCCCCCCCCC(=O)NC(CO)C(O)CCCCCCCCCCCCCCCCCCC. The number of aliphatic hydroxyl groups excluding tert-OH is 2. The number of hydrogen-bond donors (Lipinski definition) is 3. The summed E-state index contributed by atoms with van der Waals surface area (Å²) in [5.41, 5.74) is 0. The second kappa shape index (κ2) is 43.8. The normalized spacial score (nSPS) is 13.4. The van der Waals surface area contributed by atoms with Crippen LogP contribution in [-0.2, 0) is 4.79 Å². The molecule has 304 valence electrons. The zero-order chi connectivity index (χ0) is 37.8. The molecule has 1 amide bonds. The van der Waals surface area contributed by atoms with Crippen LogP contribution in [0.15, 0.2) is 48.6 Å². The average Bonchev–Trinajstić information content (AvgIpc) is 3.15. The molecule has 0 aliphatic carbocycles. The highest BCUT2D eigenvalue weighted by atomic mass is 16.3. The molecule has 2 unspecified atom stereocenters. The van der Waals surface area contributed by atoms with E-state index in [0.717, 1.165) is 51.4 Å². The van der Waals surface area contributed by atoms with E-state index in [1.165, 1.54) is 154 Å². The van der Waals surface area contributed by atoms with Crippen LogP contribution in [0, 0.1) is 0 Å². The van der Waals surface area contributed by atoms with Crippen molar-refractivity contribution in [1.29, 1.82) is 0 Å². The van der Waals surface area contributed by atoms with E-state index in [9.17, 15) is 15.0 Å². The molecule has 3 N–H and O–H groups in total. The van der Waals surface area contributed by atoms with E-state index >= 15 is 0 Å². The van der Waals surface area contributed by atoms with Gasteiger partial charge in [0.25, 0.3) is 0 Å². The number of allylic oxidation sites excluding steroid dienone is 8. The summed E-state index contributed by atoms with van der Waals surface area (Å²) in [5.74, 6) is -0.0363. The molecule has 0 saturated heterocycles. The van der Waals surface area contributed by atoms with Crippen molar-refractivity contribution in [1.82, 2.24) is 5.32 Å². The molecule has 0 aliphatic heterocycles. The van der Waals surface area contributed by atoms with Gasteiger partial charge < -0.3 is 15.5 Å². The number of unbranched alkanes of at least 4 members (excludes halogenated alkanes) is 26. The number of amides is 1. The first-order valence-electron chi connectivity index (χ1n) is 22.8. The topological polar surface area (TPSA) is 69.6 Å². The molecule has 0 aliphatic rings. The van der Waals surface area contributed by atoms with E-state index in [-0.39, 0.29) is 12.5 Å². The number of carbonyl (C=O) groups excluding carboxylic acids is 1. The quantitative estimate of drug-likeness (QED) is 0.0434. The van der Waals surface area contributed by atoms with Gasteiger partial charge in [-0.05, 0) is 51.4 Å². The molecular formula is C48H89NO3. The smallest absolute Gasteiger partial charge is 0.220 e. The third-order valence-electron chi connectivity index (χ3n) is 10.4. The van der Waals surface area contributed by atoms with Gasteiger partial charge in [0, 0.05) is 6.42 Å². The van der Waals surface area contributed by atoms with E-state index in [0.29, 0.717) is 12.8 Å². The number of carbonyl (C=O) groups is 1. The Hall–Kier alpha value is -1.65. The highest BCUT2D eigenvalue weighted by Crippen LogP contribution is 2.16. The maximum atomic E-state index is 12.4. The maximum Gasteiger partial charge on any atom is 0.220 e. The Bertz CT molecular complexity index is 831. The Kier molecular flexibility index (Phi) is 42.4. The van der Waals surface area contributed by atoms with Crippen LogP contribution in [0.2, 0.25) is 0 Å². The monoisotopic (exact) mass is 728 g/mol. The fourth-order valence-corrected chi connectivity index (χ4v) is 6.88. The lowest BCUT2D eigenvalue weighted by Crippen LogP contribution is -2.45. The summed E-state index contributed by atoms with van der Waals surface area (Å²) in [5, 5.41) is 23.2. The number of aliphatic hydroxyl groups is 2. The van der Waals surface area contributed by atoms with Crippen LogP contribution in [0.25, 0.3) is 0 Å². The van der Waals surface area contributed by atoms with Gasteiger partial charge in [0.1, 0.15) is 0 Å². The van der Waals surface area contributed by atoms with Gasteiger partial charge in [-0.25, -0.2) is 0 Å². The molecule has 2 atom stereocenters. The molecule has 0 bridgehead atoms. The van der Waals surface area contributed by atoms with E-state index in [2.05, 4.69) is 67.8 Å². The molecule has 0 saturated carbocycles. The highest BCUT2D eigenvalue weighted by Gasteiger charge is 2.20. The molecule has 0 aromatic rings. The van der Waals surface area contributed by atoms with Gasteiger partial charge in [0.15, 0.2) is 0 Å². The molecular weight excluding hydrogens is 639 g/mol. The van der Waals surface area contributed by atoms with E-state index in [1.807, 2.05) is 0 Å². The number of nitrogens with one attached hydrogen (secondary N) is 1. The van der Waals surface area contributed by atoms with Gasteiger partial charge >= 0.3 is 0 Å². The maximum absolute atomic E-state index is 12.4. The molecule has 0 aromatic carbocycles. The van der Waals surface area contributed by atoms with Gasteiger partial charge in [-0.3, -0.25) is 4.79 Å². The second-order valence-corrected chi connectivity index (χ2v) is 15.4. The Morgan fingerprint density at radius 3 is 1.27 bits per heavy atom. The molecule has 0 fully saturated rings. The van der Waals surface area contributed by atoms with Crippen molar-refractivity contribution in [3.05, 3.63) is 48.6 Å².